The van der Waals surface area contributed by atoms with Gasteiger partial charge in [-0.05, 0) is 51.6 Å². The highest BCUT2D eigenvalue weighted by Crippen LogP contribution is 2.18. The minimum Gasteiger partial charge on any atom is -0.341 e. The van der Waals surface area contributed by atoms with Crippen molar-refractivity contribution >= 4 is 18.3 Å². The highest BCUT2D eigenvalue weighted by molar-refractivity contribution is 5.85. The molecule has 0 saturated carbocycles. The lowest BCUT2D eigenvalue weighted by molar-refractivity contribution is -0.132. The molecule has 1 aromatic rings. The second-order valence-corrected chi connectivity index (χ2v) is 7.19. The van der Waals surface area contributed by atoms with E-state index in [0.717, 1.165) is 38.2 Å². The second-order valence-electron chi connectivity index (χ2n) is 7.19. The summed E-state index contributed by atoms with van der Waals surface area (Å²) < 4.78 is 2.09. The van der Waals surface area contributed by atoms with Gasteiger partial charge in [-0.1, -0.05) is 13.8 Å². The van der Waals surface area contributed by atoms with Crippen LogP contribution in [0.15, 0.2) is 0 Å². The molecule has 1 fully saturated rings. The third-order valence-corrected chi connectivity index (χ3v) is 4.84. The number of likely N-dealkylation sites (tertiary alicyclic amines) is 1. The molecule has 6 heteroatoms. The van der Waals surface area contributed by atoms with Gasteiger partial charge in [0.1, 0.15) is 0 Å². The van der Waals surface area contributed by atoms with Gasteiger partial charge in [0.05, 0.1) is 5.69 Å². The van der Waals surface area contributed by atoms with Crippen LogP contribution < -0.4 is 5.32 Å². The quantitative estimate of drug-likeness (QED) is 0.852. The average Bonchev–Trinajstić information content (AvgIpc) is 2.78. The van der Waals surface area contributed by atoms with E-state index in [-0.39, 0.29) is 18.3 Å². The van der Waals surface area contributed by atoms with Gasteiger partial charge in [0, 0.05) is 37.8 Å². The number of aromatic nitrogens is 2. The van der Waals surface area contributed by atoms with Gasteiger partial charge in [-0.15, -0.1) is 12.4 Å². The lowest BCUT2D eigenvalue weighted by Gasteiger charge is -2.32. The molecular formula is C18H33ClN4O. The smallest absolute Gasteiger partial charge is 0.222 e. The molecule has 1 amide bonds. The maximum atomic E-state index is 12.5. The molecule has 1 aromatic heterocycles. The Balaban J connectivity index is 0.00000288. The summed E-state index contributed by atoms with van der Waals surface area (Å²) in [5.74, 6) is 0.856. The number of amides is 1. The van der Waals surface area contributed by atoms with Gasteiger partial charge in [-0.3, -0.25) is 9.48 Å². The Morgan fingerprint density at radius 3 is 2.71 bits per heavy atom. The van der Waals surface area contributed by atoms with Gasteiger partial charge in [-0.2, -0.15) is 5.10 Å². The fraction of sp³-hybridized carbons (Fsp3) is 0.778. The minimum atomic E-state index is 0. The zero-order valence-corrected chi connectivity index (χ0v) is 16.6. The van der Waals surface area contributed by atoms with Gasteiger partial charge in [0.25, 0.3) is 0 Å². The molecular weight excluding hydrogens is 324 g/mol. The predicted octanol–water partition coefficient (Wildman–Crippen LogP) is 2.72. The molecule has 1 aliphatic rings. The summed E-state index contributed by atoms with van der Waals surface area (Å²) >= 11 is 0. The van der Waals surface area contributed by atoms with Crippen molar-refractivity contribution in [1.82, 2.24) is 20.0 Å². The third-order valence-electron chi connectivity index (χ3n) is 4.84. The van der Waals surface area contributed by atoms with E-state index < -0.39 is 0 Å². The van der Waals surface area contributed by atoms with Gasteiger partial charge < -0.3 is 10.2 Å². The van der Waals surface area contributed by atoms with Crippen molar-refractivity contribution in [2.45, 2.75) is 66.0 Å². The van der Waals surface area contributed by atoms with Crippen LogP contribution in [-0.2, 0) is 17.8 Å². The highest BCUT2D eigenvalue weighted by Gasteiger charge is 2.23. The predicted molar refractivity (Wildman–Crippen MR) is 101 cm³/mol. The molecule has 0 radical (unpaired) electrons. The first-order valence-electron chi connectivity index (χ1n) is 8.90. The van der Waals surface area contributed by atoms with Gasteiger partial charge in [0.2, 0.25) is 5.91 Å². The zero-order chi connectivity index (χ0) is 17.0. The molecule has 1 atom stereocenters. The largest absolute Gasteiger partial charge is 0.341 e. The Morgan fingerprint density at radius 2 is 2.08 bits per heavy atom. The summed E-state index contributed by atoms with van der Waals surface area (Å²) in [6.07, 6.45) is 3.66. The van der Waals surface area contributed by atoms with Gasteiger partial charge in [-0.25, -0.2) is 0 Å². The summed E-state index contributed by atoms with van der Waals surface area (Å²) in [5, 5.41) is 7.94. The normalized spacial score (nSPS) is 17.9. The Morgan fingerprint density at radius 1 is 1.38 bits per heavy atom. The van der Waals surface area contributed by atoms with E-state index in [9.17, 15) is 4.79 Å². The molecule has 0 spiro atoms. The van der Waals surface area contributed by atoms with E-state index in [1.807, 2.05) is 11.9 Å². The SMILES string of the molecule is CNC1CCCN(C(=O)CCc2c(C)nn(CC(C)C)c2C)C1.Cl. The number of hydrogen-bond donors (Lipinski definition) is 1. The van der Waals surface area contributed by atoms with Crippen molar-refractivity contribution in [2.24, 2.45) is 5.92 Å². The van der Waals surface area contributed by atoms with E-state index in [2.05, 4.69) is 42.8 Å². The van der Waals surface area contributed by atoms with Crippen LogP contribution in [0.1, 0.15) is 50.1 Å². The molecule has 5 nitrogen and oxygen atoms in total. The van der Waals surface area contributed by atoms with E-state index in [4.69, 9.17) is 0 Å². The first kappa shape index (κ1) is 21.0. The topological polar surface area (TPSA) is 50.2 Å². The van der Waals surface area contributed by atoms with Crippen LogP contribution in [0.2, 0.25) is 0 Å². The Labute approximate surface area is 152 Å². The average molecular weight is 357 g/mol. The highest BCUT2D eigenvalue weighted by atomic mass is 35.5. The van der Waals surface area contributed by atoms with Crippen LogP contribution in [0.3, 0.4) is 0 Å². The monoisotopic (exact) mass is 356 g/mol. The molecule has 2 heterocycles. The maximum absolute atomic E-state index is 12.5. The van der Waals surface area contributed by atoms with Crippen LogP contribution in [0.25, 0.3) is 0 Å². The number of nitrogens with one attached hydrogen (secondary N) is 1. The van der Waals surface area contributed by atoms with Gasteiger partial charge in [0.15, 0.2) is 0 Å². The number of likely N-dealkylation sites (N-methyl/N-ethyl adjacent to an activating group) is 1. The summed E-state index contributed by atoms with van der Waals surface area (Å²) in [4.78, 5) is 14.5. The summed E-state index contributed by atoms with van der Waals surface area (Å²) in [6, 6.07) is 0.449. The first-order valence-corrected chi connectivity index (χ1v) is 8.90. The van der Waals surface area contributed by atoms with Crippen LogP contribution in [0, 0.1) is 19.8 Å². The molecule has 1 N–H and O–H groups in total. The summed E-state index contributed by atoms with van der Waals surface area (Å²) in [5.41, 5.74) is 3.54. The number of carbonyl (C=O) groups excluding carboxylic acids is 1. The van der Waals surface area contributed by atoms with Crippen molar-refractivity contribution in [2.75, 3.05) is 20.1 Å². The lowest BCUT2D eigenvalue weighted by atomic mass is 10.0. The number of nitrogens with zero attached hydrogens (tertiary/aromatic N) is 3. The van der Waals surface area contributed by atoms with Crippen molar-refractivity contribution in [3.05, 3.63) is 17.0 Å². The zero-order valence-electron chi connectivity index (χ0n) is 15.8. The van der Waals surface area contributed by atoms with E-state index in [1.54, 1.807) is 0 Å². The Hall–Kier alpha value is -1.07. The molecule has 0 bridgehead atoms. The van der Waals surface area contributed by atoms with E-state index in [1.165, 1.54) is 17.7 Å². The first-order chi connectivity index (χ1) is 10.9. The minimum absolute atomic E-state index is 0. The van der Waals surface area contributed by atoms with Crippen molar-refractivity contribution in [3.8, 4) is 0 Å². The van der Waals surface area contributed by atoms with Gasteiger partial charge >= 0.3 is 0 Å². The maximum Gasteiger partial charge on any atom is 0.222 e. The molecule has 24 heavy (non-hydrogen) atoms. The van der Waals surface area contributed by atoms with Crippen molar-refractivity contribution in [3.63, 3.8) is 0 Å². The molecule has 2 rings (SSSR count). The van der Waals surface area contributed by atoms with Crippen LogP contribution in [0.5, 0.6) is 0 Å². The fourth-order valence-electron chi connectivity index (χ4n) is 3.45. The molecule has 0 aromatic carbocycles. The molecule has 1 unspecified atom stereocenters. The van der Waals surface area contributed by atoms with Crippen molar-refractivity contribution < 1.29 is 4.79 Å². The lowest BCUT2D eigenvalue weighted by Crippen LogP contribution is -2.47. The summed E-state index contributed by atoms with van der Waals surface area (Å²) in [6.45, 7) is 11.3. The number of carbonyl (C=O) groups is 1. The Kier molecular flexibility index (Phi) is 8.23. The Bertz CT molecular complexity index is 541. The number of rotatable bonds is 6. The molecule has 1 saturated heterocycles. The number of aryl methyl sites for hydroxylation is 1. The molecule has 0 aliphatic carbocycles. The van der Waals surface area contributed by atoms with Crippen LogP contribution in [-0.4, -0.2) is 46.8 Å². The molecule has 1 aliphatic heterocycles. The standard InChI is InChI=1S/C18H32N4O.ClH/c1-13(2)11-22-15(4)17(14(3)20-22)8-9-18(23)21-10-6-7-16(12-21)19-5;/h13,16,19H,6-12H2,1-5H3;1H. The van der Waals surface area contributed by atoms with Crippen LogP contribution in [0.4, 0.5) is 0 Å². The number of piperidine rings is 1. The van der Waals surface area contributed by atoms with Crippen molar-refractivity contribution in [1.29, 1.82) is 0 Å². The molecule has 138 valence electrons. The third kappa shape index (κ3) is 5.21. The second kappa shape index (κ2) is 9.42. The number of hydrogen-bond acceptors (Lipinski definition) is 3. The van der Waals surface area contributed by atoms with E-state index >= 15 is 0 Å². The number of halogens is 1. The summed E-state index contributed by atoms with van der Waals surface area (Å²) in [7, 11) is 1.98. The van der Waals surface area contributed by atoms with Crippen LogP contribution >= 0.6 is 12.4 Å². The van der Waals surface area contributed by atoms with E-state index in [0.29, 0.717) is 18.4 Å². The fourth-order valence-corrected chi connectivity index (χ4v) is 3.45.